The molecule has 0 saturated carbocycles. The minimum absolute atomic E-state index is 0.0646. The van der Waals surface area contributed by atoms with Crippen LogP contribution in [0.4, 0.5) is 5.69 Å². The summed E-state index contributed by atoms with van der Waals surface area (Å²) in [4.78, 5) is 40.8. The van der Waals surface area contributed by atoms with Gasteiger partial charge in [-0.1, -0.05) is 76.6 Å². The Morgan fingerprint density at radius 2 is 1.87 bits per heavy atom. The van der Waals surface area contributed by atoms with Crippen LogP contribution in [0.5, 0.6) is 5.75 Å². The second-order valence-electron chi connectivity index (χ2n) is 15.0. The maximum atomic E-state index is 14.2. The van der Waals surface area contributed by atoms with Crippen LogP contribution in [0.15, 0.2) is 75.8 Å². The van der Waals surface area contributed by atoms with Crippen LogP contribution in [0, 0.1) is 11.8 Å². The van der Waals surface area contributed by atoms with Gasteiger partial charge in [-0.2, -0.15) is 0 Å². The second-order valence-corrected chi connectivity index (χ2v) is 15.0. The number of para-hydroxylation sites is 1. The molecule has 1 spiro atoms. The number of amides is 2. The Labute approximate surface area is 299 Å². The van der Waals surface area contributed by atoms with Crippen LogP contribution >= 0.6 is 0 Å². The lowest BCUT2D eigenvalue weighted by atomic mass is 9.72. The molecule has 262 valence electrons. The zero-order valence-corrected chi connectivity index (χ0v) is 29.3. The van der Waals surface area contributed by atoms with Gasteiger partial charge in [0.15, 0.2) is 23.4 Å². The summed E-state index contributed by atoms with van der Waals surface area (Å²) in [6, 6.07) is 17.2. The van der Waals surface area contributed by atoms with Crippen molar-refractivity contribution >= 4 is 28.4 Å². The van der Waals surface area contributed by atoms with Crippen molar-refractivity contribution in [3.8, 4) is 39.8 Å². The molecule has 2 amide bonds. The number of benzene rings is 3. The van der Waals surface area contributed by atoms with E-state index in [1.165, 1.54) is 0 Å². The number of carbonyl (C=O) groups is 2. The summed E-state index contributed by atoms with van der Waals surface area (Å²) in [6.45, 7) is 8.11. The third-order valence-electron chi connectivity index (χ3n) is 11.3. The Hall–Kier alpha value is -5.84. The summed E-state index contributed by atoms with van der Waals surface area (Å²) in [5, 5.41) is 11.1. The van der Waals surface area contributed by atoms with Crippen molar-refractivity contribution in [2.75, 3.05) is 5.32 Å². The van der Waals surface area contributed by atoms with Gasteiger partial charge in [0.05, 0.1) is 6.20 Å². The number of nitrogens with zero attached hydrogens (tertiary/aromatic N) is 2. The molecular weight excluding hydrogens is 656 g/mol. The highest BCUT2D eigenvalue weighted by atomic mass is 16.5. The molecule has 0 radical (unpaired) electrons. The summed E-state index contributed by atoms with van der Waals surface area (Å²) in [5.74, 6) is 2.06. The third-order valence-corrected chi connectivity index (χ3v) is 11.3. The monoisotopic (exact) mass is 694 g/mol. The van der Waals surface area contributed by atoms with E-state index in [0.29, 0.717) is 41.2 Å². The van der Waals surface area contributed by atoms with Gasteiger partial charge in [-0.25, -0.2) is 9.97 Å². The number of H-pyrrole nitrogens is 1. The highest BCUT2D eigenvalue weighted by molar-refractivity contribution is 6.07. The first-order valence-electron chi connectivity index (χ1n) is 18.1. The number of hydrogen-bond donors (Lipinski definition) is 4. The van der Waals surface area contributed by atoms with Gasteiger partial charge in [-0.3, -0.25) is 9.59 Å². The van der Waals surface area contributed by atoms with Crippen LogP contribution in [0.2, 0.25) is 0 Å². The van der Waals surface area contributed by atoms with Crippen molar-refractivity contribution in [2.24, 2.45) is 11.8 Å². The minimum atomic E-state index is -1.01. The summed E-state index contributed by atoms with van der Waals surface area (Å²) in [6.07, 6.45) is 4.43. The van der Waals surface area contributed by atoms with Crippen LogP contribution in [0.1, 0.15) is 74.9 Å². The van der Waals surface area contributed by atoms with E-state index < -0.39 is 23.7 Å². The Balaban J connectivity index is 1.29. The molecule has 0 saturated heterocycles. The van der Waals surface area contributed by atoms with Crippen molar-refractivity contribution < 1.29 is 23.2 Å². The zero-order chi connectivity index (χ0) is 35.5. The lowest BCUT2D eigenvalue weighted by molar-refractivity contribution is -0.130. The van der Waals surface area contributed by atoms with Gasteiger partial charge in [-0.15, -0.1) is 0 Å². The first-order valence-corrected chi connectivity index (χ1v) is 18.1. The van der Waals surface area contributed by atoms with Gasteiger partial charge >= 0.3 is 0 Å². The van der Waals surface area contributed by atoms with Crippen molar-refractivity contribution in [3.63, 3.8) is 0 Å². The van der Waals surface area contributed by atoms with Crippen LogP contribution < -0.4 is 20.7 Å². The average Bonchev–Trinajstić information content (AvgIpc) is 3.95. The van der Waals surface area contributed by atoms with Crippen LogP contribution in [-0.2, 0) is 21.4 Å². The first kappa shape index (κ1) is 30.9. The number of hydrogen-bond acceptors (Lipinski definition) is 8. The maximum Gasteiger partial charge on any atom is 0.249 e. The second kappa shape index (κ2) is 11.1. The van der Waals surface area contributed by atoms with E-state index in [1.54, 1.807) is 6.20 Å². The minimum Gasteiger partial charge on any atom is -0.469 e. The quantitative estimate of drug-likeness (QED) is 0.148. The fourth-order valence-corrected chi connectivity index (χ4v) is 8.65. The molecule has 0 aliphatic carbocycles. The van der Waals surface area contributed by atoms with Crippen molar-refractivity contribution in [1.29, 1.82) is 0 Å². The number of oxazole rings is 2. The molecule has 11 heteroatoms. The summed E-state index contributed by atoms with van der Waals surface area (Å²) in [5.41, 5.74) is 7.00. The Morgan fingerprint density at radius 1 is 1.02 bits per heavy atom. The first-order chi connectivity index (χ1) is 25.2. The number of aromatic nitrogens is 3. The van der Waals surface area contributed by atoms with E-state index in [9.17, 15) is 9.59 Å². The summed E-state index contributed by atoms with van der Waals surface area (Å²) >= 11 is 0. The highest BCUT2D eigenvalue weighted by Crippen LogP contribution is 2.61. The number of carbonyl (C=O) groups excluding carboxylic acids is 2. The molecule has 6 aromatic rings. The topological polar surface area (TPSA) is 147 Å². The molecule has 7 heterocycles. The molecule has 4 N–H and O–H groups in total. The normalized spacial score (nSPS) is 22.5. The Morgan fingerprint density at radius 3 is 2.71 bits per heavy atom. The van der Waals surface area contributed by atoms with E-state index in [0.717, 1.165) is 56.4 Å². The fraction of sp³-hybridized carbons (Fsp3) is 0.317. The maximum absolute atomic E-state index is 14.2. The number of rotatable bonds is 5. The molecular formula is C41H38N6O5. The van der Waals surface area contributed by atoms with Gasteiger partial charge in [0.25, 0.3) is 0 Å². The highest BCUT2D eigenvalue weighted by Gasteiger charge is 2.61. The van der Waals surface area contributed by atoms with Crippen LogP contribution in [0.25, 0.3) is 44.9 Å². The Kier molecular flexibility index (Phi) is 6.59. The van der Waals surface area contributed by atoms with Crippen molar-refractivity contribution in [3.05, 3.63) is 95.3 Å². The SMILES string of the molecule is CCC(C)C1NC(=O)[C@@H](NC(=O)CC(C)C)Cc2ccc3c(c2)C24c5cccc(c5NC2O3)-c2cccc3[nH]cc(c23)-c2cnc(o2)-c2nc1oc24. The molecule has 3 aromatic heterocycles. The molecule has 4 unspecified atom stereocenters. The largest absolute Gasteiger partial charge is 0.469 e. The third kappa shape index (κ3) is 4.25. The van der Waals surface area contributed by atoms with E-state index in [4.69, 9.17) is 23.5 Å². The number of aromatic amines is 1. The number of ether oxygens (including phenoxy) is 1. The van der Waals surface area contributed by atoms with Crippen molar-refractivity contribution in [2.45, 2.75) is 70.7 Å². The molecule has 10 bridgehead atoms. The van der Waals surface area contributed by atoms with E-state index in [-0.39, 0.29) is 30.1 Å². The van der Waals surface area contributed by atoms with Gasteiger partial charge < -0.3 is 34.5 Å². The van der Waals surface area contributed by atoms with E-state index in [2.05, 4.69) is 77.2 Å². The van der Waals surface area contributed by atoms with Gasteiger partial charge in [0.1, 0.15) is 23.2 Å². The molecule has 52 heavy (non-hydrogen) atoms. The van der Waals surface area contributed by atoms with E-state index in [1.807, 2.05) is 32.2 Å². The molecule has 0 fully saturated rings. The van der Waals surface area contributed by atoms with E-state index >= 15 is 0 Å². The summed E-state index contributed by atoms with van der Waals surface area (Å²) in [7, 11) is 0. The molecule has 11 nitrogen and oxygen atoms in total. The summed E-state index contributed by atoms with van der Waals surface area (Å²) < 4.78 is 20.6. The molecule has 3 aromatic carbocycles. The number of anilines is 1. The van der Waals surface area contributed by atoms with Crippen molar-refractivity contribution in [1.82, 2.24) is 25.6 Å². The molecule has 10 rings (SSSR count). The van der Waals surface area contributed by atoms with Crippen LogP contribution in [0.3, 0.4) is 0 Å². The van der Waals surface area contributed by atoms with Crippen LogP contribution in [-0.4, -0.2) is 39.0 Å². The zero-order valence-electron chi connectivity index (χ0n) is 29.3. The van der Waals surface area contributed by atoms with Gasteiger partial charge in [0, 0.05) is 57.9 Å². The number of fused-ring (bicyclic) bond motifs is 7. The molecule has 5 atom stereocenters. The Bertz CT molecular complexity index is 2460. The average molecular weight is 695 g/mol. The standard InChI is InChI=1S/C41H38N6O5/c1-5-20(4)33-39-46-35-36(52-39)41-25-10-6-9-23(22-8-7-11-27-32(22)24(17-42-27)30-18-43-38(35)50-30)34(25)47-40(41)51-29-13-12-21(15-26(29)41)16-28(37(49)45-33)44-31(48)14-19(2)3/h6-13,15,17-20,28,33,40,42,47H,5,14,16H2,1-4H3,(H,44,48)(H,45,49)/t20?,28-,33?,40?,41?/m0/s1. The number of nitrogens with one attached hydrogen (secondary N) is 4. The smallest absolute Gasteiger partial charge is 0.249 e. The van der Waals surface area contributed by atoms with Gasteiger partial charge in [0.2, 0.25) is 23.6 Å². The molecule has 4 aliphatic heterocycles. The fourth-order valence-electron chi connectivity index (χ4n) is 8.65. The predicted molar refractivity (Wildman–Crippen MR) is 195 cm³/mol. The lowest BCUT2D eigenvalue weighted by Crippen LogP contribution is -2.50. The molecule has 4 aliphatic rings. The lowest BCUT2D eigenvalue weighted by Gasteiger charge is -2.29. The predicted octanol–water partition coefficient (Wildman–Crippen LogP) is 7.23. The van der Waals surface area contributed by atoms with Gasteiger partial charge in [-0.05, 0) is 35.1 Å².